The topological polar surface area (TPSA) is 181 Å². The number of phenolic OH excluding ortho intramolecular Hbond substituents is 1. The van der Waals surface area contributed by atoms with E-state index in [2.05, 4.69) is 5.32 Å². The van der Waals surface area contributed by atoms with Crippen LogP contribution in [0.15, 0.2) is 75.9 Å². The second-order valence-electron chi connectivity index (χ2n) is 10.4. The largest absolute Gasteiger partial charge is 0.508 e. The van der Waals surface area contributed by atoms with Crippen LogP contribution in [0.4, 0.5) is 0 Å². The maximum atomic E-state index is 13.5. The Morgan fingerprint density at radius 2 is 1.60 bits per heavy atom. The molecule has 47 heavy (non-hydrogen) atoms. The average Bonchev–Trinajstić information content (AvgIpc) is 3.35. The fourth-order valence-corrected chi connectivity index (χ4v) is 5.81. The van der Waals surface area contributed by atoms with Gasteiger partial charge in [-0.2, -0.15) is 0 Å². The maximum absolute atomic E-state index is 13.5. The molecule has 3 aliphatic rings. The molecule has 1 fully saturated rings. The van der Waals surface area contributed by atoms with Crippen molar-refractivity contribution in [1.29, 1.82) is 0 Å². The molecular formula is C33H20Cl2N2O10. The lowest BCUT2D eigenvalue weighted by Crippen LogP contribution is -2.32. The molecule has 3 aromatic rings. The van der Waals surface area contributed by atoms with Gasteiger partial charge in [-0.25, -0.2) is 9.59 Å². The van der Waals surface area contributed by atoms with Crippen LogP contribution in [0.3, 0.4) is 0 Å². The summed E-state index contributed by atoms with van der Waals surface area (Å²) in [5.41, 5.74) is 0.180. The van der Waals surface area contributed by atoms with Crippen LogP contribution in [0.1, 0.15) is 49.5 Å². The summed E-state index contributed by atoms with van der Waals surface area (Å²) in [5, 5.41) is 23.2. The number of nitrogens with zero attached hydrogens (tertiary/aromatic N) is 1. The summed E-state index contributed by atoms with van der Waals surface area (Å²) in [5.74, 6) is -4.35. The first-order chi connectivity index (χ1) is 22.4. The average molecular weight is 675 g/mol. The zero-order valence-electron chi connectivity index (χ0n) is 23.8. The minimum atomic E-state index is -1.43. The van der Waals surface area contributed by atoms with Crippen molar-refractivity contribution in [3.8, 4) is 28.2 Å². The number of amides is 3. The van der Waals surface area contributed by atoms with E-state index in [0.717, 1.165) is 6.07 Å². The summed E-state index contributed by atoms with van der Waals surface area (Å²) in [6, 6.07) is 15.0. The molecule has 3 aromatic carbocycles. The number of hydrogen-bond acceptors (Lipinski definition) is 9. The van der Waals surface area contributed by atoms with Crippen LogP contribution < -0.4 is 10.7 Å². The van der Waals surface area contributed by atoms with Crippen molar-refractivity contribution in [3.63, 3.8) is 0 Å². The van der Waals surface area contributed by atoms with E-state index in [-0.39, 0.29) is 74.2 Å². The lowest BCUT2D eigenvalue weighted by atomic mass is 9.89. The summed E-state index contributed by atoms with van der Waals surface area (Å²) < 4.78 is 5.85. The van der Waals surface area contributed by atoms with Crippen molar-refractivity contribution in [2.45, 2.75) is 19.4 Å². The maximum Gasteiger partial charge on any atom is 0.363 e. The highest BCUT2D eigenvalue weighted by Gasteiger charge is 2.33. The number of hydrogen-bond donors (Lipinski definition) is 3. The number of rotatable bonds is 7. The van der Waals surface area contributed by atoms with Crippen LogP contribution in [-0.4, -0.2) is 44.9 Å². The second kappa shape index (κ2) is 12.2. The lowest BCUT2D eigenvalue weighted by Gasteiger charge is -2.20. The van der Waals surface area contributed by atoms with E-state index >= 15 is 0 Å². The molecule has 0 aromatic heterocycles. The standard InChI is InChI=1S/C33H20Cl2N2O10/c34-22-13-21(31(42)36-14-15-1-3-16(4-2-15)33(45)47-37-25(40)9-10-26(37)41)30(35)29(28(22)32(43)44)27-19-7-5-17(38)11-23(19)46-24-12-18(39)6-8-20(24)27/h1-8,11-13,38H,9-10,14H2,(H,36,42)(H,43,44). The predicted octanol–water partition coefficient (Wildman–Crippen LogP) is 5.43. The van der Waals surface area contributed by atoms with E-state index in [1.54, 1.807) is 0 Å². The highest BCUT2D eigenvalue weighted by atomic mass is 35.5. The normalized spacial score (nSPS) is 12.9. The molecular weight excluding hydrogens is 655 g/mol. The van der Waals surface area contributed by atoms with E-state index in [0.29, 0.717) is 21.6 Å². The minimum Gasteiger partial charge on any atom is -0.508 e. The van der Waals surface area contributed by atoms with Gasteiger partial charge < -0.3 is 24.8 Å². The monoisotopic (exact) mass is 674 g/mol. The quantitative estimate of drug-likeness (QED) is 0.149. The van der Waals surface area contributed by atoms with Gasteiger partial charge in [-0.15, -0.1) is 5.06 Å². The molecule has 2 heterocycles. The number of hydroxylamine groups is 2. The Morgan fingerprint density at radius 3 is 2.28 bits per heavy atom. The predicted molar refractivity (Wildman–Crippen MR) is 167 cm³/mol. The van der Waals surface area contributed by atoms with Gasteiger partial charge in [0.15, 0.2) is 5.43 Å². The zero-order chi connectivity index (χ0) is 33.6. The number of imide groups is 1. The van der Waals surface area contributed by atoms with Crippen molar-refractivity contribution >= 4 is 63.8 Å². The number of halogens is 2. The number of phenols is 1. The number of benzene rings is 4. The molecule has 14 heteroatoms. The van der Waals surface area contributed by atoms with E-state index in [1.165, 1.54) is 60.7 Å². The van der Waals surface area contributed by atoms with Crippen molar-refractivity contribution < 1.29 is 43.4 Å². The van der Waals surface area contributed by atoms with E-state index in [1.807, 2.05) is 0 Å². The smallest absolute Gasteiger partial charge is 0.363 e. The van der Waals surface area contributed by atoms with Crippen molar-refractivity contribution in [1.82, 2.24) is 10.4 Å². The molecule has 0 saturated carbocycles. The number of aromatic hydroxyl groups is 1. The Kier molecular flexibility index (Phi) is 8.14. The zero-order valence-corrected chi connectivity index (χ0v) is 25.3. The van der Waals surface area contributed by atoms with Crippen molar-refractivity contribution in [2.24, 2.45) is 0 Å². The van der Waals surface area contributed by atoms with Gasteiger partial charge in [0.05, 0.1) is 26.7 Å². The van der Waals surface area contributed by atoms with Gasteiger partial charge >= 0.3 is 11.9 Å². The number of aromatic carboxylic acids is 1. The Labute approximate surface area is 274 Å². The Bertz CT molecular complexity index is 2180. The minimum absolute atomic E-state index is 0.0400. The van der Waals surface area contributed by atoms with Crippen LogP contribution in [-0.2, 0) is 21.0 Å². The van der Waals surface area contributed by atoms with Gasteiger partial charge in [-0.3, -0.25) is 19.2 Å². The van der Waals surface area contributed by atoms with Gasteiger partial charge in [0.1, 0.15) is 17.1 Å². The molecule has 0 radical (unpaired) electrons. The SMILES string of the molecule is O=C(ON1C(=O)CCC1=O)c1ccc(CNC(=O)c2cc(Cl)c(C(=O)O)c(-c3c4ccc(=O)cc-4oc4cc(O)ccc34)c2Cl)cc1. The number of nitrogens with one attached hydrogen (secondary N) is 1. The van der Waals surface area contributed by atoms with Crippen LogP contribution in [0.5, 0.6) is 5.75 Å². The first-order valence-electron chi connectivity index (χ1n) is 13.8. The van der Waals surface area contributed by atoms with Crippen LogP contribution >= 0.6 is 23.2 Å². The Morgan fingerprint density at radius 1 is 0.894 bits per heavy atom. The van der Waals surface area contributed by atoms with Crippen LogP contribution in [0.25, 0.3) is 33.4 Å². The third-order valence-corrected chi connectivity index (χ3v) is 8.11. The number of carboxylic acids is 1. The number of fused-ring (bicyclic) bond motifs is 2. The van der Waals surface area contributed by atoms with Crippen molar-refractivity contribution in [2.75, 3.05) is 0 Å². The highest BCUT2D eigenvalue weighted by Crippen LogP contribution is 2.47. The second-order valence-corrected chi connectivity index (χ2v) is 11.2. The molecule has 2 aliphatic heterocycles. The molecule has 0 unspecified atom stereocenters. The van der Waals surface area contributed by atoms with Crippen LogP contribution in [0.2, 0.25) is 10.0 Å². The summed E-state index contributed by atoms with van der Waals surface area (Å²) in [6.07, 6.45) is -0.0800. The summed E-state index contributed by atoms with van der Waals surface area (Å²) in [6.45, 7) is -0.0527. The van der Waals surface area contributed by atoms with Crippen LogP contribution in [0, 0.1) is 0 Å². The fourth-order valence-electron chi connectivity index (χ4n) is 5.19. The van der Waals surface area contributed by atoms with Gasteiger partial charge in [0, 0.05) is 53.6 Å². The molecule has 236 valence electrons. The molecule has 12 nitrogen and oxygen atoms in total. The van der Waals surface area contributed by atoms with Gasteiger partial charge in [0.2, 0.25) is 0 Å². The molecule has 0 bridgehead atoms. The van der Waals surface area contributed by atoms with Gasteiger partial charge in [-0.1, -0.05) is 35.3 Å². The van der Waals surface area contributed by atoms with E-state index < -0.39 is 35.2 Å². The third kappa shape index (κ3) is 5.87. The molecule has 3 amide bonds. The number of carbonyl (C=O) groups is 5. The van der Waals surface area contributed by atoms with E-state index in [9.17, 15) is 39.0 Å². The molecule has 1 aliphatic carbocycles. The molecule has 0 atom stereocenters. The Hall–Kier alpha value is -5.72. The molecule has 6 rings (SSSR count). The highest BCUT2D eigenvalue weighted by molar-refractivity contribution is 6.41. The molecule has 1 saturated heterocycles. The summed E-state index contributed by atoms with van der Waals surface area (Å²) in [7, 11) is 0. The molecule has 0 spiro atoms. The first-order valence-corrected chi connectivity index (χ1v) is 14.6. The summed E-state index contributed by atoms with van der Waals surface area (Å²) in [4.78, 5) is 78.9. The lowest BCUT2D eigenvalue weighted by molar-refractivity contribution is -0.172. The first kappa shape index (κ1) is 31.3. The van der Waals surface area contributed by atoms with Crippen molar-refractivity contribution in [3.05, 3.63) is 109 Å². The van der Waals surface area contributed by atoms with E-state index in [4.69, 9.17) is 32.5 Å². The number of carbonyl (C=O) groups excluding carboxylic acids is 4. The summed E-state index contributed by atoms with van der Waals surface area (Å²) >= 11 is 13.3. The van der Waals surface area contributed by atoms with Gasteiger partial charge in [-0.05, 0) is 48.0 Å². The Balaban J connectivity index is 1.34. The number of carboxylic acid groups (broad SMARTS) is 1. The molecule has 3 N–H and O–H groups in total. The van der Waals surface area contributed by atoms with Gasteiger partial charge in [0.25, 0.3) is 17.7 Å². The third-order valence-electron chi connectivity index (χ3n) is 7.42. The fraction of sp³-hybridized carbons (Fsp3) is 0.0909.